The quantitative estimate of drug-likeness (QED) is 0.132. The highest BCUT2D eigenvalue weighted by molar-refractivity contribution is 7.27. The Hall–Kier alpha value is -6.17. The van der Waals surface area contributed by atoms with Gasteiger partial charge < -0.3 is 4.57 Å². The summed E-state index contributed by atoms with van der Waals surface area (Å²) in [7, 11) is 0. The van der Waals surface area contributed by atoms with Gasteiger partial charge in [0, 0.05) is 43.1 Å². The first-order chi connectivity index (χ1) is 24.3. The van der Waals surface area contributed by atoms with Crippen LogP contribution in [0.15, 0.2) is 173 Å². The molecule has 0 aliphatic heterocycles. The summed E-state index contributed by atoms with van der Waals surface area (Å²) in [6, 6.07) is 55.1. The van der Waals surface area contributed by atoms with E-state index in [0.717, 1.165) is 27.9 Å². The number of hydrogen-bond donors (Lipinski definition) is 0. The third-order valence-corrected chi connectivity index (χ3v) is 10.3. The number of para-hydroxylation sites is 1. The summed E-state index contributed by atoms with van der Waals surface area (Å²) in [5.74, 6) is 1.14. The van der Waals surface area contributed by atoms with E-state index in [9.17, 15) is 0 Å². The van der Waals surface area contributed by atoms with Crippen molar-refractivity contribution in [2.24, 2.45) is 15.0 Å². The van der Waals surface area contributed by atoms with Gasteiger partial charge in [-0.25, -0.2) is 9.98 Å². The fourth-order valence-corrected chi connectivity index (χ4v) is 8.26. The van der Waals surface area contributed by atoms with Crippen LogP contribution in [-0.4, -0.2) is 23.0 Å². The Morgan fingerprint density at radius 2 is 1.20 bits per heavy atom. The molecule has 0 saturated carbocycles. The molecule has 0 aliphatic rings. The van der Waals surface area contributed by atoms with Crippen molar-refractivity contribution < 1.29 is 0 Å². The van der Waals surface area contributed by atoms with Crippen LogP contribution in [0.3, 0.4) is 0 Å². The molecule has 0 spiro atoms. The fraction of sp³-hybridized carbons (Fsp3) is 0.0227. The second-order valence-electron chi connectivity index (χ2n) is 12.1. The highest BCUT2D eigenvalue weighted by Crippen LogP contribution is 2.47. The van der Waals surface area contributed by atoms with Gasteiger partial charge in [-0.1, -0.05) is 133 Å². The minimum absolute atomic E-state index is 0.513. The van der Waals surface area contributed by atoms with Gasteiger partial charge in [0.2, 0.25) is 0 Å². The zero-order chi connectivity index (χ0) is 32.7. The molecule has 4 nitrogen and oxygen atoms in total. The molecule has 0 amide bonds. The molecule has 9 rings (SSSR count). The van der Waals surface area contributed by atoms with Crippen molar-refractivity contribution in [1.82, 2.24) is 4.57 Å². The van der Waals surface area contributed by atoms with E-state index >= 15 is 0 Å². The molecule has 0 radical (unpaired) electrons. The molecule has 2 aromatic heterocycles. The first kappa shape index (κ1) is 29.0. The van der Waals surface area contributed by atoms with E-state index in [2.05, 4.69) is 125 Å². The van der Waals surface area contributed by atoms with Gasteiger partial charge in [-0.15, -0.1) is 11.3 Å². The van der Waals surface area contributed by atoms with E-state index in [1.807, 2.05) is 59.9 Å². The van der Waals surface area contributed by atoms with Crippen LogP contribution in [0.5, 0.6) is 0 Å². The van der Waals surface area contributed by atoms with Crippen LogP contribution in [0.4, 0.5) is 0 Å². The van der Waals surface area contributed by atoms with Gasteiger partial charge in [-0.3, -0.25) is 4.99 Å². The lowest BCUT2D eigenvalue weighted by atomic mass is 9.99. The lowest BCUT2D eigenvalue weighted by molar-refractivity contribution is 1.06. The van der Waals surface area contributed by atoms with Gasteiger partial charge >= 0.3 is 0 Å². The summed E-state index contributed by atoms with van der Waals surface area (Å²) >= 11 is 1.87. The Morgan fingerprint density at radius 3 is 1.98 bits per heavy atom. The van der Waals surface area contributed by atoms with Gasteiger partial charge in [0.05, 0.1) is 22.3 Å². The van der Waals surface area contributed by atoms with Crippen LogP contribution in [-0.2, 0) is 6.54 Å². The molecule has 0 saturated heterocycles. The topological polar surface area (TPSA) is 42.0 Å². The van der Waals surface area contributed by atoms with Crippen LogP contribution in [0.2, 0.25) is 0 Å². The number of aliphatic imine (C=N–C) groups is 3. The standard InChI is InChI=1S/C44H30N4S/c1-45-43(47-44(30-17-6-3-7-18-30)46-28-29-15-4-2-5-16-29)31-19-14-20-32(27-31)48-37-25-12-10-23-35(37)39-33-21-8-9-22-34(33)40-36-24-11-13-26-38(36)49-42(40)41(39)48/h2-27H,1,28H2. The third-order valence-electron chi connectivity index (χ3n) is 9.16. The molecule has 0 unspecified atom stereocenters. The molecular formula is C44H30N4S. The third kappa shape index (κ3) is 4.95. The number of rotatable bonds is 5. The smallest absolute Gasteiger partial charge is 0.161 e. The second kappa shape index (κ2) is 12.1. The number of nitrogens with zero attached hydrogens (tertiary/aromatic N) is 4. The molecule has 5 heteroatoms. The van der Waals surface area contributed by atoms with Gasteiger partial charge in [0.25, 0.3) is 0 Å². The number of thiophene rings is 1. The fourth-order valence-electron chi connectivity index (χ4n) is 7.00. The van der Waals surface area contributed by atoms with Crippen molar-refractivity contribution in [3.63, 3.8) is 0 Å². The number of fused-ring (bicyclic) bond motifs is 10. The largest absolute Gasteiger partial charge is 0.308 e. The predicted molar refractivity (Wildman–Crippen MR) is 210 cm³/mol. The maximum atomic E-state index is 5.05. The zero-order valence-electron chi connectivity index (χ0n) is 26.6. The van der Waals surface area contributed by atoms with Crippen LogP contribution in [0.25, 0.3) is 58.4 Å². The first-order valence-corrected chi connectivity index (χ1v) is 17.2. The summed E-state index contributed by atoms with van der Waals surface area (Å²) in [6.45, 7) is 4.47. The van der Waals surface area contributed by atoms with Crippen LogP contribution < -0.4 is 0 Å². The molecule has 0 N–H and O–H groups in total. The van der Waals surface area contributed by atoms with Crippen molar-refractivity contribution in [3.8, 4) is 5.69 Å². The van der Waals surface area contributed by atoms with Crippen molar-refractivity contribution >= 4 is 82.5 Å². The molecule has 0 fully saturated rings. The van der Waals surface area contributed by atoms with Crippen LogP contribution >= 0.6 is 11.3 Å². The molecule has 2 heterocycles. The average molecular weight is 647 g/mol. The normalized spacial score (nSPS) is 12.5. The van der Waals surface area contributed by atoms with E-state index in [0.29, 0.717) is 18.2 Å². The molecule has 49 heavy (non-hydrogen) atoms. The molecule has 0 aliphatic carbocycles. The van der Waals surface area contributed by atoms with Gasteiger partial charge in [-0.2, -0.15) is 0 Å². The van der Waals surface area contributed by atoms with Gasteiger partial charge in [0.1, 0.15) is 0 Å². The minimum Gasteiger partial charge on any atom is -0.308 e. The highest BCUT2D eigenvalue weighted by Gasteiger charge is 2.21. The van der Waals surface area contributed by atoms with Crippen LogP contribution in [0, 0.1) is 0 Å². The van der Waals surface area contributed by atoms with E-state index in [4.69, 9.17) is 9.98 Å². The Bertz CT molecular complexity index is 2750. The Kier molecular flexibility index (Phi) is 7.18. The molecule has 7 aromatic carbocycles. The predicted octanol–water partition coefficient (Wildman–Crippen LogP) is 11.4. The van der Waals surface area contributed by atoms with Crippen molar-refractivity contribution in [2.75, 3.05) is 0 Å². The van der Waals surface area contributed by atoms with Crippen LogP contribution in [0.1, 0.15) is 16.7 Å². The molecule has 9 aromatic rings. The summed E-state index contributed by atoms with van der Waals surface area (Å²) in [5.41, 5.74) is 6.33. The minimum atomic E-state index is 0.513. The number of hydrogen-bond acceptors (Lipinski definition) is 2. The Labute approximate surface area is 287 Å². The van der Waals surface area contributed by atoms with E-state index in [1.165, 1.54) is 47.2 Å². The van der Waals surface area contributed by atoms with Crippen molar-refractivity contribution in [3.05, 3.63) is 174 Å². The maximum absolute atomic E-state index is 5.05. The zero-order valence-corrected chi connectivity index (χ0v) is 27.4. The lowest BCUT2D eigenvalue weighted by Gasteiger charge is -2.12. The van der Waals surface area contributed by atoms with E-state index < -0.39 is 0 Å². The summed E-state index contributed by atoms with van der Waals surface area (Å²) < 4.78 is 4.99. The molecule has 0 atom stereocenters. The second-order valence-corrected chi connectivity index (χ2v) is 13.1. The van der Waals surface area contributed by atoms with Gasteiger partial charge in [-0.05, 0) is 47.3 Å². The van der Waals surface area contributed by atoms with E-state index in [1.54, 1.807) is 0 Å². The van der Waals surface area contributed by atoms with Gasteiger partial charge in [0.15, 0.2) is 11.7 Å². The highest BCUT2D eigenvalue weighted by atomic mass is 32.1. The van der Waals surface area contributed by atoms with Crippen molar-refractivity contribution in [2.45, 2.75) is 6.54 Å². The molecule has 232 valence electrons. The monoisotopic (exact) mass is 646 g/mol. The Morgan fingerprint density at radius 1 is 0.571 bits per heavy atom. The lowest BCUT2D eigenvalue weighted by Crippen LogP contribution is -2.06. The average Bonchev–Trinajstić information content (AvgIpc) is 3.73. The molecular weight excluding hydrogens is 617 g/mol. The van der Waals surface area contributed by atoms with Crippen molar-refractivity contribution in [1.29, 1.82) is 0 Å². The summed E-state index contributed by atoms with van der Waals surface area (Å²) in [6.07, 6.45) is 0. The number of aromatic nitrogens is 1. The number of amidine groups is 2. The SMILES string of the molecule is C=NC(=NC(=NCc1ccccc1)c1ccccc1)c1cccc(-n2c3ccccc3c3c4ccccc4c4c5ccccc5sc4c32)c1. The molecule has 0 bridgehead atoms. The first-order valence-electron chi connectivity index (χ1n) is 16.3. The summed E-state index contributed by atoms with van der Waals surface area (Å²) in [5, 5.41) is 7.64. The Balaban J connectivity index is 1.28. The summed E-state index contributed by atoms with van der Waals surface area (Å²) in [4.78, 5) is 14.5. The van der Waals surface area contributed by atoms with E-state index in [-0.39, 0.29) is 0 Å². The number of benzene rings is 7. The maximum Gasteiger partial charge on any atom is 0.161 e.